The van der Waals surface area contributed by atoms with Crippen LogP contribution in [0.15, 0.2) is 49.0 Å². The van der Waals surface area contributed by atoms with Crippen LogP contribution >= 0.6 is 11.6 Å². The number of benzene rings is 2. The molecule has 0 saturated carbocycles. The molecule has 26 heavy (non-hydrogen) atoms. The quantitative estimate of drug-likeness (QED) is 0.729. The van der Waals surface area contributed by atoms with Crippen LogP contribution in [0.5, 0.6) is 5.75 Å². The van der Waals surface area contributed by atoms with E-state index in [1.54, 1.807) is 42.5 Å². The monoisotopic (exact) mass is 369 g/mol. The summed E-state index contributed by atoms with van der Waals surface area (Å²) in [6.07, 6.45) is 1.27. The number of aromatic nitrogens is 1. The third-order valence-corrected chi connectivity index (χ3v) is 4.39. The maximum Gasteiger partial charge on any atom is 0.307 e. The predicted molar refractivity (Wildman–Crippen MR) is 101 cm³/mol. The standard InChI is InChI=1S/C20H16ClNO4/c1-3-17-16(11-19(23)24)15-10-14(26-2)8-9-18(15)22(17)20(25)12-4-6-13(21)7-5-12/h3-10H,1,11H2,2H3,(H,23,24). The van der Waals surface area contributed by atoms with Crippen LogP contribution in [0.3, 0.4) is 0 Å². The van der Waals surface area contributed by atoms with Crippen LogP contribution in [0.2, 0.25) is 5.02 Å². The van der Waals surface area contributed by atoms with Gasteiger partial charge in [0, 0.05) is 16.0 Å². The van der Waals surface area contributed by atoms with Gasteiger partial charge in [-0.1, -0.05) is 18.2 Å². The van der Waals surface area contributed by atoms with Gasteiger partial charge in [0.15, 0.2) is 0 Å². The summed E-state index contributed by atoms with van der Waals surface area (Å²) in [5.74, 6) is -0.701. The van der Waals surface area contributed by atoms with E-state index in [-0.39, 0.29) is 12.3 Å². The smallest absolute Gasteiger partial charge is 0.307 e. The number of hydrogen-bond donors (Lipinski definition) is 1. The molecule has 0 unspecified atom stereocenters. The first-order valence-corrected chi connectivity index (χ1v) is 8.20. The molecule has 0 amide bonds. The molecule has 1 heterocycles. The third kappa shape index (κ3) is 3.09. The summed E-state index contributed by atoms with van der Waals surface area (Å²) >= 11 is 5.90. The van der Waals surface area contributed by atoms with E-state index in [0.29, 0.717) is 38.5 Å². The fraction of sp³-hybridized carbons (Fsp3) is 0.100. The zero-order valence-electron chi connectivity index (χ0n) is 14.0. The lowest BCUT2D eigenvalue weighted by Crippen LogP contribution is -2.14. The molecular formula is C20H16ClNO4. The molecule has 2 aromatic carbocycles. The van der Waals surface area contributed by atoms with E-state index in [9.17, 15) is 14.7 Å². The number of carboxylic acids is 1. The average molecular weight is 370 g/mol. The molecule has 3 rings (SSSR count). The molecule has 3 aromatic rings. The number of nitrogens with zero attached hydrogens (tertiary/aromatic N) is 1. The lowest BCUT2D eigenvalue weighted by atomic mass is 10.1. The van der Waals surface area contributed by atoms with Crippen molar-refractivity contribution in [2.24, 2.45) is 0 Å². The van der Waals surface area contributed by atoms with E-state index in [1.165, 1.54) is 17.8 Å². The van der Waals surface area contributed by atoms with Crippen molar-refractivity contribution in [2.45, 2.75) is 6.42 Å². The fourth-order valence-electron chi connectivity index (χ4n) is 2.97. The number of ether oxygens (including phenoxy) is 1. The number of hydrogen-bond acceptors (Lipinski definition) is 3. The molecule has 1 N–H and O–H groups in total. The Hall–Kier alpha value is -3.05. The minimum atomic E-state index is -0.992. The number of rotatable bonds is 5. The van der Waals surface area contributed by atoms with E-state index in [2.05, 4.69) is 6.58 Å². The van der Waals surface area contributed by atoms with Gasteiger partial charge in [0.2, 0.25) is 0 Å². The van der Waals surface area contributed by atoms with Gasteiger partial charge in [-0.25, -0.2) is 0 Å². The maximum absolute atomic E-state index is 13.1. The summed E-state index contributed by atoms with van der Waals surface area (Å²) in [5.41, 5.74) is 2.00. The summed E-state index contributed by atoms with van der Waals surface area (Å²) in [5, 5.41) is 10.5. The second kappa shape index (κ2) is 7.06. The zero-order valence-corrected chi connectivity index (χ0v) is 14.8. The Bertz CT molecular complexity index is 1020. The van der Waals surface area contributed by atoms with E-state index in [1.807, 2.05) is 0 Å². The summed E-state index contributed by atoms with van der Waals surface area (Å²) in [6.45, 7) is 3.77. The number of carbonyl (C=O) groups excluding carboxylic acids is 1. The van der Waals surface area contributed by atoms with E-state index in [4.69, 9.17) is 16.3 Å². The lowest BCUT2D eigenvalue weighted by Gasteiger charge is -2.08. The molecule has 132 valence electrons. The van der Waals surface area contributed by atoms with Gasteiger partial charge in [-0.2, -0.15) is 0 Å². The highest BCUT2D eigenvalue weighted by Crippen LogP contribution is 2.31. The molecule has 1 aromatic heterocycles. The van der Waals surface area contributed by atoms with Crippen molar-refractivity contribution in [3.63, 3.8) is 0 Å². The molecule has 0 saturated heterocycles. The van der Waals surface area contributed by atoms with Gasteiger partial charge in [0.1, 0.15) is 5.75 Å². The maximum atomic E-state index is 13.1. The van der Waals surface area contributed by atoms with E-state index >= 15 is 0 Å². The van der Waals surface area contributed by atoms with Crippen LogP contribution in [0.4, 0.5) is 0 Å². The first-order valence-electron chi connectivity index (χ1n) is 7.82. The summed E-state index contributed by atoms with van der Waals surface area (Å²) in [7, 11) is 1.53. The molecule has 0 aliphatic heterocycles. The van der Waals surface area contributed by atoms with Gasteiger partial charge in [-0.05, 0) is 54.1 Å². The highest BCUT2D eigenvalue weighted by molar-refractivity contribution is 6.30. The fourth-order valence-corrected chi connectivity index (χ4v) is 3.10. The molecule has 0 spiro atoms. The predicted octanol–water partition coefficient (Wildman–Crippen LogP) is 4.26. The summed E-state index contributed by atoms with van der Waals surface area (Å²) < 4.78 is 6.72. The second-order valence-corrected chi connectivity index (χ2v) is 6.11. The Labute approximate surface area is 155 Å². The Morgan fingerprint density at radius 1 is 1.23 bits per heavy atom. The Morgan fingerprint density at radius 3 is 2.50 bits per heavy atom. The molecule has 0 aliphatic rings. The normalized spacial score (nSPS) is 10.7. The highest BCUT2D eigenvalue weighted by Gasteiger charge is 2.22. The molecule has 0 atom stereocenters. The number of carbonyl (C=O) groups is 2. The van der Waals surface area contributed by atoms with Crippen molar-refractivity contribution in [3.05, 3.63) is 70.9 Å². The lowest BCUT2D eigenvalue weighted by molar-refractivity contribution is -0.136. The zero-order chi connectivity index (χ0) is 18.8. The number of halogens is 1. The third-order valence-electron chi connectivity index (χ3n) is 4.14. The van der Waals surface area contributed by atoms with Crippen LogP contribution < -0.4 is 4.74 Å². The largest absolute Gasteiger partial charge is 0.497 e. The molecule has 0 fully saturated rings. The van der Waals surface area contributed by atoms with Crippen LogP contribution in [0.1, 0.15) is 21.6 Å². The minimum Gasteiger partial charge on any atom is -0.497 e. The van der Waals surface area contributed by atoms with E-state index < -0.39 is 5.97 Å². The molecule has 5 nitrogen and oxygen atoms in total. The van der Waals surface area contributed by atoms with Crippen molar-refractivity contribution in [1.29, 1.82) is 0 Å². The van der Waals surface area contributed by atoms with Crippen LogP contribution in [-0.2, 0) is 11.2 Å². The summed E-state index contributed by atoms with van der Waals surface area (Å²) in [6, 6.07) is 11.7. The van der Waals surface area contributed by atoms with Gasteiger partial charge in [-0.15, -0.1) is 0 Å². The van der Waals surface area contributed by atoms with Gasteiger partial charge in [0.25, 0.3) is 5.91 Å². The molecule has 0 radical (unpaired) electrons. The number of carboxylic acid groups (broad SMARTS) is 1. The molecule has 6 heteroatoms. The Balaban J connectivity index is 2.29. The SMILES string of the molecule is C=Cc1c(CC(=O)O)c2cc(OC)ccc2n1C(=O)c1ccc(Cl)cc1. The average Bonchev–Trinajstić information content (AvgIpc) is 2.93. The molecule has 0 aliphatic carbocycles. The number of fused-ring (bicyclic) bond motifs is 1. The molecular weight excluding hydrogens is 354 g/mol. The number of aliphatic carboxylic acids is 1. The topological polar surface area (TPSA) is 68.5 Å². The second-order valence-electron chi connectivity index (χ2n) is 5.67. The van der Waals surface area contributed by atoms with Crippen molar-refractivity contribution in [1.82, 2.24) is 4.57 Å². The Morgan fingerprint density at radius 2 is 1.92 bits per heavy atom. The first kappa shape index (κ1) is 17.8. The van der Waals surface area contributed by atoms with Gasteiger partial charge < -0.3 is 9.84 Å². The minimum absolute atomic E-state index is 0.230. The van der Waals surface area contributed by atoms with Crippen LogP contribution in [-0.4, -0.2) is 28.7 Å². The van der Waals surface area contributed by atoms with Crippen molar-refractivity contribution in [2.75, 3.05) is 7.11 Å². The molecule has 0 bridgehead atoms. The van der Waals surface area contributed by atoms with Gasteiger partial charge in [0.05, 0.1) is 24.7 Å². The Kier molecular flexibility index (Phi) is 4.82. The van der Waals surface area contributed by atoms with Gasteiger partial charge >= 0.3 is 5.97 Å². The van der Waals surface area contributed by atoms with Crippen molar-refractivity contribution < 1.29 is 19.4 Å². The van der Waals surface area contributed by atoms with Gasteiger partial charge in [-0.3, -0.25) is 14.2 Å². The summed E-state index contributed by atoms with van der Waals surface area (Å²) in [4.78, 5) is 24.4. The van der Waals surface area contributed by atoms with Crippen molar-refractivity contribution in [3.8, 4) is 5.75 Å². The highest BCUT2D eigenvalue weighted by atomic mass is 35.5. The van der Waals surface area contributed by atoms with Crippen molar-refractivity contribution >= 4 is 40.5 Å². The van der Waals surface area contributed by atoms with Crippen LogP contribution in [0, 0.1) is 0 Å². The van der Waals surface area contributed by atoms with Crippen LogP contribution in [0.25, 0.3) is 17.0 Å². The first-order chi connectivity index (χ1) is 12.5. The number of methoxy groups -OCH3 is 1. The van der Waals surface area contributed by atoms with E-state index in [0.717, 1.165) is 0 Å².